The SMILES string of the molecule is COc1cc2cc(C(=O)N3CCc4[nH]c5ccc(Cl)cc5c4C3)n(C)c2c(OC)c1OC. The number of H-pyrrole nitrogens is 1. The number of rotatable bonds is 4. The van der Waals surface area contributed by atoms with Crippen molar-refractivity contribution in [3.05, 3.63) is 52.3 Å². The van der Waals surface area contributed by atoms with E-state index < -0.39 is 0 Å². The minimum absolute atomic E-state index is 0.0364. The van der Waals surface area contributed by atoms with Crippen molar-refractivity contribution in [1.29, 1.82) is 0 Å². The Morgan fingerprint density at radius 3 is 2.56 bits per heavy atom. The Morgan fingerprint density at radius 2 is 1.84 bits per heavy atom. The molecular formula is C24H24ClN3O4. The number of carbonyl (C=O) groups is 1. The van der Waals surface area contributed by atoms with Gasteiger partial charge in [-0.2, -0.15) is 0 Å². The molecule has 0 bridgehead atoms. The molecule has 0 radical (unpaired) electrons. The van der Waals surface area contributed by atoms with Crippen LogP contribution in [-0.2, 0) is 20.0 Å². The highest BCUT2D eigenvalue weighted by molar-refractivity contribution is 6.31. The van der Waals surface area contributed by atoms with Crippen LogP contribution in [0.15, 0.2) is 30.3 Å². The first-order valence-corrected chi connectivity index (χ1v) is 10.7. The molecule has 1 aliphatic heterocycles. The van der Waals surface area contributed by atoms with Crippen LogP contribution >= 0.6 is 11.6 Å². The summed E-state index contributed by atoms with van der Waals surface area (Å²) in [6.45, 7) is 1.16. The topological polar surface area (TPSA) is 68.7 Å². The second kappa shape index (κ2) is 7.67. The Morgan fingerprint density at radius 1 is 1.06 bits per heavy atom. The summed E-state index contributed by atoms with van der Waals surface area (Å²) >= 11 is 6.23. The van der Waals surface area contributed by atoms with Crippen LogP contribution in [0.4, 0.5) is 0 Å². The van der Waals surface area contributed by atoms with E-state index in [1.807, 2.05) is 46.8 Å². The fraction of sp³-hybridized carbons (Fsp3) is 0.292. The molecule has 0 aliphatic carbocycles. The van der Waals surface area contributed by atoms with Crippen molar-refractivity contribution in [2.24, 2.45) is 7.05 Å². The molecule has 1 aliphatic rings. The lowest BCUT2D eigenvalue weighted by atomic mass is 10.0. The van der Waals surface area contributed by atoms with Crippen molar-refractivity contribution in [3.8, 4) is 17.2 Å². The zero-order valence-corrected chi connectivity index (χ0v) is 19.2. The van der Waals surface area contributed by atoms with Crippen LogP contribution in [0.25, 0.3) is 21.8 Å². The second-order valence-corrected chi connectivity index (χ2v) is 8.36. The number of aromatic nitrogens is 2. The summed E-state index contributed by atoms with van der Waals surface area (Å²) in [5.74, 6) is 1.56. The number of carbonyl (C=O) groups excluding carboxylic acids is 1. The number of nitrogens with zero attached hydrogens (tertiary/aromatic N) is 2. The minimum Gasteiger partial charge on any atom is -0.493 e. The van der Waals surface area contributed by atoms with E-state index in [4.69, 9.17) is 25.8 Å². The van der Waals surface area contributed by atoms with Crippen LogP contribution in [-0.4, -0.2) is 48.2 Å². The van der Waals surface area contributed by atoms with Gasteiger partial charge in [0.1, 0.15) is 5.69 Å². The van der Waals surface area contributed by atoms with Crippen molar-refractivity contribution in [2.75, 3.05) is 27.9 Å². The Hall–Kier alpha value is -3.32. The van der Waals surface area contributed by atoms with Gasteiger partial charge >= 0.3 is 0 Å². The molecule has 0 saturated heterocycles. The zero-order valence-electron chi connectivity index (χ0n) is 18.4. The van der Waals surface area contributed by atoms with E-state index in [0.29, 0.717) is 41.1 Å². The lowest BCUT2D eigenvalue weighted by molar-refractivity contribution is 0.0726. The largest absolute Gasteiger partial charge is 0.493 e. The van der Waals surface area contributed by atoms with Gasteiger partial charge in [0.25, 0.3) is 5.91 Å². The fourth-order valence-electron chi connectivity index (χ4n) is 4.71. The zero-order chi connectivity index (χ0) is 22.6. The molecule has 0 atom stereocenters. The summed E-state index contributed by atoms with van der Waals surface area (Å²) in [6, 6.07) is 9.56. The molecule has 166 valence electrons. The van der Waals surface area contributed by atoms with E-state index in [0.717, 1.165) is 33.8 Å². The van der Waals surface area contributed by atoms with Gasteiger partial charge in [-0.05, 0) is 30.3 Å². The van der Waals surface area contributed by atoms with Crippen LogP contribution in [0.2, 0.25) is 5.02 Å². The van der Waals surface area contributed by atoms with E-state index in [-0.39, 0.29) is 5.91 Å². The highest BCUT2D eigenvalue weighted by Gasteiger charge is 2.28. The van der Waals surface area contributed by atoms with Crippen molar-refractivity contribution in [2.45, 2.75) is 13.0 Å². The maximum atomic E-state index is 13.6. The molecule has 3 heterocycles. The molecule has 32 heavy (non-hydrogen) atoms. The lowest BCUT2D eigenvalue weighted by Crippen LogP contribution is -2.36. The predicted molar refractivity (Wildman–Crippen MR) is 124 cm³/mol. The number of fused-ring (bicyclic) bond motifs is 4. The van der Waals surface area contributed by atoms with Crippen LogP contribution in [0.5, 0.6) is 17.2 Å². The normalized spacial score (nSPS) is 13.5. The first kappa shape index (κ1) is 20.6. The molecule has 0 saturated carbocycles. The fourth-order valence-corrected chi connectivity index (χ4v) is 4.88. The van der Waals surface area contributed by atoms with Gasteiger partial charge in [0.05, 0.1) is 26.8 Å². The Kier molecular flexibility index (Phi) is 4.93. The van der Waals surface area contributed by atoms with Gasteiger partial charge in [-0.15, -0.1) is 0 Å². The molecule has 2 aromatic heterocycles. The quantitative estimate of drug-likeness (QED) is 0.492. The van der Waals surface area contributed by atoms with Gasteiger partial charge in [0.15, 0.2) is 11.5 Å². The van der Waals surface area contributed by atoms with E-state index in [1.165, 1.54) is 5.69 Å². The third kappa shape index (κ3) is 2.99. The molecule has 8 heteroatoms. The van der Waals surface area contributed by atoms with Gasteiger partial charge in [-0.1, -0.05) is 11.6 Å². The van der Waals surface area contributed by atoms with Gasteiger partial charge in [-0.25, -0.2) is 0 Å². The molecular weight excluding hydrogens is 430 g/mol. The van der Waals surface area contributed by atoms with Crippen molar-refractivity contribution < 1.29 is 19.0 Å². The molecule has 2 aromatic carbocycles. The summed E-state index contributed by atoms with van der Waals surface area (Å²) in [5, 5.41) is 2.60. The predicted octanol–water partition coefficient (Wildman–Crippen LogP) is 4.54. The average Bonchev–Trinajstić information content (AvgIpc) is 3.33. The number of hydrogen-bond donors (Lipinski definition) is 1. The molecule has 0 spiro atoms. The number of aryl methyl sites for hydroxylation is 1. The maximum Gasteiger partial charge on any atom is 0.270 e. The summed E-state index contributed by atoms with van der Waals surface area (Å²) in [4.78, 5) is 18.9. The molecule has 5 rings (SSSR count). The van der Waals surface area contributed by atoms with Gasteiger partial charge < -0.3 is 28.7 Å². The third-order valence-corrected chi connectivity index (χ3v) is 6.50. The summed E-state index contributed by atoms with van der Waals surface area (Å²) < 4.78 is 18.5. The van der Waals surface area contributed by atoms with Crippen LogP contribution in [0.3, 0.4) is 0 Å². The van der Waals surface area contributed by atoms with Crippen molar-refractivity contribution in [3.63, 3.8) is 0 Å². The summed E-state index contributed by atoms with van der Waals surface area (Å²) in [5.41, 5.74) is 4.70. The Bertz CT molecular complexity index is 1370. The van der Waals surface area contributed by atoms with Crippen molar-refractivity contribution in [1.82, 2.24) is 14.5 Å². The monoisotopic (exact) mass is 453 g/mol. The smallest absolute Gasteiger partial charge is 0.270 e. The number of amides is 1. The molecule has 0 unspecified atom stereocenters. The van der Waals surface area contributed by atoms with Crippen molar-refractivity contribution >= 4 is 39.3 Å². The van der Waals surface area contributed by atoms with E-state index in [9.17, 15) is 4.79 Å². The highest BCUT2D eigenvalue weighted by Crippen LogP contribution is 2.44. The second-order valence-electron chi connectivity index (χ2n) is 7.92. The molecule has 1 N–H and O–H groups in total. The van der Waals surface area contributed by atoms with E-state index >= 15 is 0 Å². The summed E-state index contributed by atoms with van der Waals surface area (Å²) in [6.07, 6.45) is 0.766. The number of aromatic amines is 1. The van der Waals surface area contributed by atoms with Gasteiger partial charge in [0, 0.05) is 59.1 Å². The highest BCUT2D eigenvalue weighted by atomic mass is 35.5. The Balaban J connectivity index is 1.56. The first-order chi connectivity index (χ1) is 15.5. The van der Waals surface area contributed by atoms with Gasteiger partial charge in [-0.3, -0.25) is 4.79 Å². The van der Waals surface area contributed by atoms with E-state index in [2.05, 4.69) is 4.98 Å². The molecule has 1 amide bonds. The molecule has 0 fully saturated rings. The third-order valence-electron chi connectivity index (χ3n) is 6.27. The van der Waals surface area contributed by atoms with Crippen LogP contribution < -0.4 is 14.2 Å². The van der Waals surface area contributed by atoms with E-state index in [1.54, 1.807) is 21.3 Å². The molecule has 7 nitrogen and oxygen atoms in total. The number of ether oxygens (including phenoxy) is 3. The van der Waals surface area contributed by atoms with Crippen LogP contribution in [0, 0.1) is 0 Å². The Labute approximate surface area is 190 Å². The maximum absolute atomic E-state index is 13.6. The van der Waals surface area contributed by atoms with Crippen LogP contribution in [0.1, 0.15) is 21.7 Å². The molecule has 4 aromatic rings. The lowest BCUT2D eigenvalue weighted by Gasteiger charge is -2.27. The average molecular weight is 454 g/mol. The number of benzene rings is 2. The number of methoxy groups -OCH3 is 3. The number of halogens is 1. The first-order valence-electron chi connectivity index (χ1n) is 10.3. The standard InChI is InChI=1S/C24H24ClN3O4/c1-27-19(9-13-10-20(30-2)22(31-3)23(32-4)21(13)27)24(29)28-8-7-18-16(12-28)15-11-14(25)5-6-17(15)26-18/h5-6,9-11,26H,7-8,12H2,1-4H3. The number of nitrogens with one attached hydrogen (secondary N) is 1. The summed E-state index contributed by atoms with van der Waals surface area (Å²) in [7, 11) is 6.60. The minimum atomic E-state index is -0.0364. The number of hydrogen-bond acceptors (Lipinski definition) is 4. The van der Waals surface area contributed by atoms with Gasteiger partial charge in [0.2, 0.25) is 5.75 Å².